The summed E-state index contributed by atoms with van der Waals surface area (Å²) in [6.07, 6.45) is -1.44. The molecule has 4 aromatic carbocycles. The molecule has 0 unspecified atom stereocenters. The van der Waals surface area contributed by atoms with Gasteiger partial charge in [-0.05, 0) is 66.4 Å². The third-order valence-corrected chi connectivity index (χ3v) is 6.65. The summed E-state index contributed by atoms with van der Waals surface area (Å²) in [6.45, 7) is 4.31. The van der Waals surface area contributed by atoms with Crippen LogP contribution in [0.4, 0.5) is 16.2 Å². The lowest BCUT2D eigenvalue weighted by molar-refractivity contribution is -0.112. The van der Waals surface area contributed by atoms with Crippen molar-refractivity contribution in [3.63, 3.8) is 0 Å². The first-order chi connectivity index (χ1) is 20.3. The maximum absolute atomic E-state index is 13.5. The lowest BCUT2D eigenvalue weighted by Crippen LogP contribution is -2.29. The molecular formula is C32H28N4O6. The standard InChI is InChI=1S/C32H28N4O6/c1-20-14-15-24(16-21(20)2)36-31(38)29(28(35-36)19-41-18-22-8-4-3-5-9-22)34-33-27-13-7-12-26(30(27)37)23-10-6-11-25(17-23)42-32(39)40/h3-17,33,37H,18-19H2,1-2H3,(H,39,40). The van der Waals surface area contributed by atoms with E-state index in [1.165, 1.54) is 17.1 Å². The number of hydrogen-bond donors (Lipinski definition) is 3. The zero-order valence-corrected chi connectivity index (χ0v) is 22.9. The third kappa shape index (κ3) is 6.29. The number of benzene rings is 4. The van der Waals surface area contributed by atoms with Gasteiger partial charge < -0.3 is 19.7 Å². The van der Waals surface area contributed by atoms with E-state index in [2.05, 4.69) is 15.6 Å². The molecule has 1 amide bonds. The van der Waals surface area contributed by atoms with Crippen LogP contribution >= 0.6 is 0 Å². The van der Waals surface area contributed by atoms with Gasteiger partial charge in [-0.1, -0.05) is 60.7 Å². The SMILES string of the molecule is Cc1ccc(N2N=C(COCc3ccccc3)C(=NNc3cccc(-c4cccc(OC(=O)O)c4)c3O)C2=O)cc1C. The summed E-state index contributed by atoms with van der Waals surface area (Å²) in [7, 11) is 0. The lowest BCUT2D eigenvalue weighted by Gasteiger charge is -2.13. The van der Waals surface area contributed by atoms with Gasteiger partial charge in [-0.15, -0.1) is 0 Å². The van der Waals surface area contributed by atoms with Crippen LogP contribution in [-0.2, 0) is 16.1 Å². The summed E-state index contributed by atoms with van der Waals surface area (Å²) in [5.41, 5.74) is 8.02. The normalized spacial score (nSPS) is 13.8. The van der Waals surface area contributed by atoms with E-state index in [0.29, 0.717) is 29.1 Å². The van der Waals surface area contributed by atoms with Gasteiger partial charge in [0.25, 0.3) is 0 Å². The second-order valence-corrected chi connectivity index (χ2v) is 9.58. The molecule has 5 rings (SSSR count). The fourth-order valence-electron chi connectivity index (χ4n) is 4.33. The monoisotopic (exact) mass is 564 g/mol. The summed E-state index contributed by atoms with van der Waals surface area (Å²) in [6, 6.07) is 26.5. The number of hydrogen-bond acceptors (Lipinski definition) is 8. The summed E-state index contributed by atoms with van der Waals surface area (Å²) >= 11 is 0. The predicted molar refractivity (Wildman–Crippen MR) is 160 cm³/mol. The highest BCUT2D eigenvalue weighted by Gasteiger charge is 2.33. The average molecular weight is 565 g/mol. The molecule has 42 heavy (non-hydrogen) atoms. The molecule has 3 N–H and O–H groups in total. The number of nitrogens with zero attached hydrogens (tertiary/aromatic N) is 3. The number of carbonyl (C=O) groups excluding carboxylic acids is 1. The van der Waals surface area contributed by atoms with E-state index in [-0.39, 0.29) is 29.5 Å². The number of phenolic OH excluding ortho intramolecular Hbond substituents is 1. The molecule has 10 nitrogen and oxygen atoms in total. The minimum absolute atomic E-state index is 0.0326. The fraction of sp³-hybridized carbons (Fsp3) is 0.125. The average Bonchev–Trinajstić information content (AvgIpc) is 3.29. The predicted octanol–water partition coefficient (Wildman–Crippen LogP) is 6.12. The van der Waals surface area contributed by atoms with Crippen LogP contribution in [0.3, 0.4) is 0 Å². The van der Waals surface area contributed by atoms with E-state index in [0.717, 1.165) is 16.7 Å². The highest BCUT2D eigenvalue weighted by atomic mass is 16.7. The Morgan fingerprint density at radius 3 is 2.48 bits per heavy atom. The molecule has 1 aliphatic rings. The largest absolute Gasteiger partial charge is 0.511 e. The van der Waals surface area contributed by atoms with Gasteiger partial charge in [0.05, 0.1) is 24.6 Å². The molecule has 0 saturated heterocycles. The Hall–Kier alpha value is -5.48. The van der Waals surface area contributed by atoms with Crippen LogP contribution in [0.15, 0.2) is 101 Å². The molecule has 1 heterocycles. The van der Waals surface area contributed by atoms with Gasteiger partial charge in [0.2, 0.25) is 0 Å². The number of anilines is 2. The maximum Gasteiger partial charge on any atom is 0.511 e. The fourth-order valence-corrected chi connectivity index (χ4v) is 4.33. The summed E-state index contributed by atoms with van der Waals surface area (Å²) < 4.78 is 10.6. The van der Waals surface area contributed by atoms with Crippen molar-refractivity contribution in [2.45, 2.75) is 20.5 Å². The van der Waals surface area contributed by atoms with E-state index in [1.807, 2.05) is 62.4 Å². The molecule has 0 bridgehead atoms. The van der Waals surface area contributed by atoms with E-state index < -0.39 is 12.1 Å². The Labute approximate surface area is 242 Å². The van der Waals surface area contributed by atoms with Crippen LogP contribution in [0.5, 0.6) is 11.5 Å². The van der Waals surface area contributed by atoms with E-state index in [1.54, 1.807) is 30.3 Å². The Morgan fingerprint density at radius 1 is 0.929 bits per heavy atom. The summed E-state index contributed by atoms with van der Waals surface area (Å²) in [5, 5.41) is 30.1. The Kier molecular flexibility index (Phi) is 8.26. The topological polar surface area (TPSA) is 133 Å². The molecule has 0 aromatic heterocycles. The lowest BCUT2D eigenvalue weighted by atomic mass is 10.0. The quantitative estimate of drug-likeness (QED) is 0.0965. The number of phenols is 1. The maximum atomic E-state index is 13.5. The molecule has 0 spiro atoms. The summed E-state index contributed by atoms with van der Waals surface area (Å²) in [5.74, 6) is -0.486. The first-order valence-corrected chi connectivity index (χ1v) is 13.1. The van der Waals surface area contributed by atoms with Crippen molar-refractivity contribution in [1.29, 1.82) is 0 Å². The number of carboxylic acid groups (broad SMARTS) is 1. The molecule has 0 atom stereocenters. The molecule has 0 saturated carbocycles. The Morgan fingerprint density at radius 2 is 1.71 bits per heavy atom. The number of ether oxygens (including phenoxy) is 2. The third-order valence-electron chi connectivity index (χ3n) is 6.65. The summed E-state index contributed by atoms with van der Waals surface area (Å²) in [4.78, 5) is 24.5. The van der Waals surface area contributed by atoms with Gasteiger partial charge in [0, 0.05) is 5.56 Å². The first-order valence-electron chi connectivity index (χ1n) is 13.1. The van der Waals surface area contributed by atoms with Gasteiger partial charge in [-0.3, -0.25) is 10.2 Å². The van der Waals surface area contributed by atoms with E-state index in [4.69, 9.17) is 14.6 Å². The van der Waals surface area contributed by atoms with Crippen molar-refractivity contribution in [2.24, 2.45) is 10.2 Å². The van der Waals surface area contributed by atoms with Crippen LogP contribution in [0.1, 0.15) is 16.7 Å². The number of hydrazone groups is 2. The van der Waals surface area contributed by atoms with Crippen molar-refractivity contribution in [3.05, 3.63) is 108 Å². The van der Waals surface area contributed by atoms with Gasteiger partial charge in [-0.25, -0.2) is 4.79 Å². The van der Waals surface area contributed by atoms with E-state index >= 15 is 0 Å². The number of aryl methyl sites for hydroxylation is 2. The van der Waals surface area contributed by atoms with E-state index in [9.17, 15) is 14.7 Å². The van der Waals surface area contributed by atoms with Crippen LogP contribution in [0.25, 0.3) is 11.1 Å². The molecule has 0 aliphatic carbocycles. The number of nitrogens with one attached hydrogen (secondary N) is 1. The highest BCUT2D eigenvalue weighted by Crippen LogP contribution is 2.37. The van der Waals surface area contributed by atoms with Crippen molar-refractivity contribution >= 4 is 34.9 Å². The zero-order valence-electron chi connectivity index (χ0n) is 22.9. The molecule has 0 fully saturated rings. The second kappa shape index (κ2) is 12.4. The first kappa shape index (κ1) is 28.1. The van der Waals surface area contributed by atoms with Gasteiger partial charge in [0.1, 0.15) is 17.2 Å². The van der Waals surface area contributed by atoms with Crippen molar-refractivity contribution < 1.29 is 29.3 Å². The minimum Gasteiger partial charge on any atom is -0.505 e. The van der Waals surface area contributed by atoms with Crippen LogP contribution < -0.4 is 15.2 Å². The number of rotatable bonds is 9. The molecular weight excluding hydrogens is 536 g/mol. The van der Waals surface area contributed by atoms with Gasteiger partial charge >= 0.3 is 12.1 Å². The van der Waals surface area contributed by atoms with Crippen LogP contribution in [-0.4, -0.2) is 40.3 Å². The molecule has 10 heteroatoms. The van der Waals surface area contributed by atoms with Crippen LogP contribution in [0, 0.1) is 13.8 Å². The minimum atomic E-state index is -1.44. The van der Waals surface area contributed by atoms with Gasteiger partial charge in [0.15, 0.2) is 5.71 Å². The Balaban J connectivity index is 1.42. The highest BCUT2D eigenvalue weighted by molar-refractivity contribution is 6.72. The van der Waals surface area contributed by atoms with Crippen LogP contribution in [0.2, 0.25) is 0 Å². The number of para-hydroxylation sites is 1. The second-order valence-electron chi connectivity index (χ2n) is 9.58. The molecule has 212 valence electrons. The van der Waals surface area contributed by atoms with Crippen molar-refractivity contribution in [2.75, 3.05) is 17.0 Å². The number of carbonyl (C=O) groups is 2. The molecule has 4 aromatic rings. The van der Waals surface area contributed by atoms with Crippen molar-refractivity contribution in [1.82, 2.24) is 0 Å². The molecule has 0 radical (unpaired) electrons. The molecule has 1 aliphatic heterocycles. The number of aromatic hydroxyl groups is 1. The van der Waals surface area contributed by atoms with Crippen molar-refractivity contribution in [3.8, 4) is 22.6 Å². The smallest absolute Gasteiger partial charge is 0.505 e. The number of amides is 1. The Bertz CT molecular complexity index is 1700. The van der Waals surface area contributed by atoms with Gasteiger partial charge in [-0.2, -0.15) is 15.2 Å². The zero-order chi connectivity index (χ0) is 29.6.